The molecule has 1 unspecified atom stereocenters. The maximum atomic E-state index is 13.1. The van der Waals surface area contributed by atoms with E-state index in [1.807, 2.05) is 30.3 Å². The summed E-state index contributed by atoms with van der Waals surface area (Å²) in [7, 11) is 0. The molecule has 2 aromatic carbocycles. The summed E-state index contributed by atoms with van der Waals surface area (Å²) in [6.45, 7) is 6.63. The molecule has 0 radical (unpaired) electrons. The van der Waals surface area contributed by atoms with E-state index in [1.54, 1.807) is 12.1 Å². The van der Waals surface area contributed by atoms with Gasteiger partial charge in [-0.05, 0) is 48.9 Å². The zero-order valence-corrected chi connectivity index (χ0v) is 21.0. The predicted octanol–water partition coefficient (Wildman–Crippen LogP) is 1.16. The second-order valence-corrected chi connectivity index (χ2v) is 10.4. The summed E-state index contributed by atoms with van der Waals surface area (Å²) in [6, 6.07) is 12.1. The van der Waals surface area contributed by atoms with E-state index in [0.717, 1.165) is 68.4 Å². The molecule has 1 N–H and O–H groups in total. The number of nitrogens with zero attached hydrogens (tertiary/aromatic N) is 4. The highest BCUT2D eigenvalue weighted by molar-refractivity contribution is 6.23. The van der Waals surface area contributed by atoms with E-state index >= 15 is 0 Å². The average Bonchev–Trinajstić information content (AvgIpc) is 3.15. The third kappa shape index (κ3) is 4.34. The van der Waals surface area contributed by atoms with Gasteiger partial charge in [0.15, 0.2) is 0 Å². The monoisotopic (exact) mass is 515 g/mol. The Morgan fingerprint density at radius 1 is 0.816 bits per heavy atom. The van der Waals surface area contributed by atoms with Gasteiger partial charge in [-0.15, -0.1) is 0 Å². The molecule has 0 saturated carbocycles. The smallest absolute Gasteiger partial charge is 0.262 e. The molecule has 2 aromatic rings. The Kier molecular flexibility index (Phi) is 6.19. The lowest BCUT2D eigenvalue weighted by atomic mass is 9.97. The van der Waals surface area contributed by atoms with Crippen LogP contribution in [0.2, 0.25) is 0 Å². The molecule has 0 spiro atoms. The zero-order valence-electron chi connectivity index (χ0n) is 21.0. The van der Waals surface area contributed by atoms with Gasteiger partial charge < -0.3 is 9.80 Å². The summed E-state index contributed by atoms with van der Waals surface area (Å²) in [5.74, 6) is -1.41. The Morgan fingerprint density at radius 2 is 1.50 bits per heavy atom. The maximum absolute atomic E-state index is 13.1. The number of piperazine rings is 1. The van der Waals surface area contributed by atoms with Crippen LogP contribution >= 0.6 is 0 Å². The number of benzene rings is 2. The van der Waals surface area contributed by atoms with Gasteiger partial charge in [-0.1, -0.05) is 0 Å². The molecule has 4 aliphatic heterocycles. The zero-order chi connectivity index (χ0) is 26.4. The van der Waals surface area contributed by atoms with E-state index in [-0.39, 0.29) is 18.7 Å². The van der Waals surface area contributed by atoms with Crippen LogP contribution in [0.15, 0.2) is 42.5 Å². The molecule has 3 fully saturated rings. The first kappa shape index (κ1) is 24.3. The average molecular weight is 516 g/mol. The lowest BCUT2D eigenvalue weighted by Gasteiger charge is -2.45. The van der Waals surface area contributed by atoms with Crippen molar-refractivity contribution in [3.05, 3.63) is 59.2 Å². The minimum Gasteiger partial charge on any atom is -0.371 e. The Balaban J connectivity index is 1.02. The van der Waals surface area contributed by atoms with Gasteiger partial charge in [0.2, 0.25) is 11.8 Å². The molecule has 4 heterocycles. The summed E-state index contributed by atoms with van der Waals surface area (Å²) in [5, 5.41) is 2.22. The fourth-order valence-electron chi connectivity index (χ4n) is 5.87. The van der Waals surface area contributed by atoms with Crippen LogP contribution < -0.4 is 15.1 Å². The number of amides is 4. The number of carbonyl (C=O) groups excluding carboxylic acids is 5. The first-order chi connectivity index (χ1) is 18.4. The van der Waals surface area contributed by atoms with E-state index < -0.39 is 23.8 Å². The molecule has 4 aliphatic rings. The SMILES string of the molecule is O=Cc1ccc(N2CCN(CC3CN(c4ccc5c(c4)C(=O)N(C4CCC(=O)NC4=O)C5=O)C3)CC2)cc1. The highest BCUT2D eigenvalue weighted by Gasteiger charge is 2.45. The summed E-state index contributed by atoms with van der Waals surface area (Å²) in [4.78, 5) is 68.7. The summed E-state index contributed by atoms with van der Waals surface area (Å²) < 4.78 is 0. The number of rotatable bonds is 6. The molecule has 10 nitrogen and oxygen atoms in total. The molecule has 0 aromatic heterocycles. The van der Waals surface area contributed by atoms with E-state index in [9.17, 15) is 24.0 Å². The number of piperidine rings is 1. The Labute approximate surface area is 220 Å². The first-order valence-electron chi connectivity index (χ1n) is 13.0. The lowest BCUT2D eigenvalue weighted by molar-refractivity contribution is -0.136. The highest BCUT2D eigenvalue weighted by Crippen LogP contribution is 2.33. The number of carbonyl (C=O) groups is 5. The van der Waals surface area contributed by atoms with Crippen LogP contribution in [-0.4, -0.2) is 91.6 Å². The first-order valence-corrected chi connectivity index (χ1v) is 13.0. The molecule has 0 aliphatic carbocycles. The molecule has 3 saturated heterocycles. The molecule has 1 atom stereocenters. The minimum absolute atomic E-state index is 0.105. The normalized spacial score (nSPS) is 22.4. The van der Waals surface area contributed by atoms with Gasteiger partial charge >= 0.3 is 0 Å². The largest absolute Gasteiger partial charge is 0.371 e. The summed E-state index contributed by atoms with van der Waals surface area (Å²) in [5.41, 5.74) is 3.35. The molecular weight excluding hydrogens is 486 g/mol. The van der Waals surface area contributed by atoms with Crippen molar-refractivity contribution in [1.82, 2.24) is 15.1 Å². The van der Waals surface area contributed by atoms with Crippen molar-refractivity contribution in [3.63, 3.8) is 0 Å². The Bertz CT molecular complexity index is 1310. The predicted molar refractivity (Wildman–Crippen MR) is 139 cm³/mol. The van der Waals surface area contributed by atoms with E-state index in [4.69, 9.17) is 0 Å². The number of imide groups is 2. The van der Waals surface area contributed by atoms with Crippen molar-refractivity contribution in [3.8, 4) is 0 Å². The summed E-state index contributed by atoms with van der Waals surface area (Å²) >= 11 is 0. The molecule has 0 bridgehead atoms. The third-order valence-corrected chi connectivity index (χ3v) is 8.03. The van der Waals surface area contributed by atoms with Crippen LogP contribution in [0.25, 0.3) is 0 Å². The van der Waals surface area contributed by atoms with Gasteiger partial charge in [-0.25, -0.2) is 0 Å². The number of hydrogen-bond acceptors (Lipinski definition) is 8. The second kappa shape index (κ2) is 9.68. The van der Waals surface area contributed by atoms with Crippen molar-refractivity contribution < 1.29 is 24.0 Å². The van der Waals surface area contributed by atoms with Crippen LogP contribution in [-0.2, 0) is 9.59 Å². The topological polar surface area (TPSA) is 110 Å². The molecule has 4 amide bonds. The van der Waals surface area contributed by atoms with Crippen LogP contribution in [0.1, 0.15) is 43.9 Å². The van der Waals surface area contributed by atoms with Crippen molar-refractivity contribution in [2.45, 2.75) is 18.9 Å². The van der Waals surface area contributed by atoms with Crippen LogP contribution in [0.4, 0.5) is 11.4 Å². The molecule has 10 heteroatoms. The van der Waals surface area contributed by atoms with E-state index in [2.05, 4.69) is 20.0 Å². The van der Waals surface area contributed by atoms with Gasteiger partial charge in [0.1, 0.15) is 12.3 Å². The van der Waals surface area contributed by atoms with Crippen LogP contribution in [0, 0.1) is 5.92 Å². The van der Waals surface area contributed by atoms with Gasteiger partial charge in [0.25, 0.3) is 11.8 Å². The highest BCUT2D eigenvalue weighted by atomic mass is 16.2. The quantitative estimate of drug-likeness (QED) is 0.451. The van der Waals surface area contributed by atoms with E-state index in [1.165, 1.54) is 0 Å². The van der Waals surface area contributed by atoms with Gasteiger partial charge in [0.05, 0.1) is 11.1 Å². The Hall–Kier alpha value is -4.05. The fourth-order valence-corrected chi connectivity index (χ4v) is 5.87. The minimum atomic E-state index is -0.951. The maximum Gasteiger partial charge on any atom is 0.262 e. The van der Waals surface area contributed by atoms with E-state index in [0.29, 0.717) is 22.6 Å². The number of fused-ring (bicyclic) bond motifs is 1. The molecule has 38 heavy (non-hydrogen) atoms. The number of aldehydes is 1. The van der Waals surface area contributed by atoms with Crippen molar-refractivity contribution in [2.75, 3.05) is 55.6 Å². The third-order valence-electron chi connectivity index (χ3n) is 8.03. The van der Waals surface area contributed by atoms with Crippen LogP contribution in [0.5, 0.6) is 0 Å². The molecular formula is C28H29N5O5. The number of hydrogen-bond donors (Lipinski definition) is 1. The van der Waals surface area contributed by atoms with Crippen molar-refractivity contribution in [2.24, 2.45) is 5.92 Å². The van der Waals surface area contributed by atoms with Crippen molar-refractivity contribution >= 4 is 41.3 Å². The second-order valence-electron chi connectivity index (χ2n) is 10.4. The lowest BCUT2D eigenvalue weighted by Crippen LogP contribution is -2.55. The fraction of sp³-hybridized carbons (Fsp3) is 0.393. The van der Waals surface area contributed by atoms with Crippen LogP contribution in [0.3, 0.4) is 0 Å². The number of anilines is 2. The standard InChI is InChI=1S/C28H29N5O5/c34-17-18-1-3-20(4-2-18)31-11-9-30(10-12-31)14-19-15-32(16-19)21-5-6-22-23(13-21)28(38)33(27(22)37)24-7-8-25(35)29-26(24)36/h1-6,13,17,19,24H,7-12,14-16H2,(H,29,35,36). The molecule has 196 valence electrons. The van der Waals surface area contributed by atoms with Crippen molar-refractivity contribution in [1.29, 1.82) is 0 Å². The van der Waals surface area contributed by atoms with Gasteiger partial charge in [0, 0.05) is 75.1 Å². The van der Waals surface area contributed by atoms with Gasteiger partial charge in [-0.2, -0.15) is 0 Å². The molecule has 6 rings (SSSR count). The Morgan fingerprint density at radius 3 is 2.18 bits per heavy atom. The number of nitrogens with one attached hydrogen (secondary N) is 1. The van der Waals surface area contributed by atoms with Gasteiger partial charge in [-0.3, -0.25) is 39.1 Å². The summed E-state index contributed by atoms with van der Waals surface area (Å²) in [6.07, 6.45) is 1.12.